The van der Waals surface area contributed by atoms with Crippen LogP contribution in [0.4, 0.5) is 0 Å². The maximum Gasteiger partial charge on any atom is 0.221 e. The monoisotopic (exact) mass is 328 g/mol. The van der Waals surface area contributed by atoms with Crippen molar-refractivity contribution in [3.63, 3.8) is 0 Å². The molecular weight excluding hydrogens is 307 g/mol. The van der Waals surface area contributed by atoms with Crippen molar-refractivity contribution in [3.05, 3.63) is 33.8 Å². The predicted molar refractivity (Wildman–Crippen MR) is 88.1 cm³/mol. The SMILES string of the molecule is O=C(CCNC1CCCC1)NCCc1ccc(Cl)cc1Cl. The van der Waals surface area contributed by atoms with E-state index in [1.165, 1.54) is 25.7 Å². The molecule has 5 heteroatoms. The fourth-order valence-corrected chi connectivity index (χ4v) is 3.17. The van der Waals surface area contributed by atoms with E-state index in [2.05, 4.69) is 10.6 Å². The highest BCUT2D eigenvalue weighted by atomic mass is 35.5. The van der Waals surface area contributed by atoms with Crippen LogP contribution in [0.5, 0.6) is 0 Å². The average molecular weight is 329 g/mol. The number of benzene rings is 1. The van der Waals surface area contributed by atoms with E-state index in [0.29, 0.717) is 29.1 Å². The topological polar surface area (TPSA) is 41.1 Å². The van der Waals surface area contributed by atoms with Crippen molar-refractivity contribution in [1.29, 1.82) is 0 Å². The van der Waals surface area contributed by atoms with Crippen LogP contribution in [0.1, 0.15) is 37.7 Å². The van der Waals surface area contributed by atoms with Gasteiger partial charge in [0.15, 0.2) is 0 Å². The Balaban J connectivity index is 1.60. The fraction of sp³-hybridized carbons (Fsp3) is 0.562. The molecule has 1 aliphatic carbocycles. The summed E-state index contributed by atoms with van der Waals surface area (Å²) in [5, 5.41) is 7.65. The van der Waals surface area contributed by atoms with Crippen LogP contribution in [-0.2, 0) is 11.2 Å². The molecule has 0 saturated heterocycles. The minimum Gasteiger partial charge on any atom is -0.356 e. The van der Waals surface area contributed by atoms with Crippen molar-refractivity contribution < 1.29 is 4.79 Å². The molecule has 3 nitrogen and oxygen atoms in total. The van der Waals surface area contributed by atoms with Crippen molar-refractivity contribution >= 4 is 29.1 Å². The van der Waals surface area contributed by atoms with Crippen LogP contribution in [0.25, 0.3) is 0 Å². The number of halogens is 2. The third kappa shape index (κ3) is 5.85. The summed E-state index contributed by atoms with van der Waals surface area (Å²) in [6, 6.07) is 6.06. The standard InChI is InChI=1S/C16H22Cl2N2O/c17-13-6-5-12(15(18)11-13)7-9-20-16(21)8-10-19-14-3-1-2-4-14/h5-6,11,14,19H,1-4,7-10H2,(H,20,21). The summed E-state index contributed by atoms with van der Waals surface area (Å²) < 4.78 is 0. The quantitative estimate of drug-likeness (QED) is 0.803. The number of carbonyl (C=O) groups excluding carboxylic acids is 1. The molecule has 0 aromatic heterocycles. The van der Waals surface area contributed by atoms with Gasteiger partial charge in [0.25, 0.3) is 0 Å². The van der Waals surface area contributed by atoms with Gasteiger partial charge in [-0.1, -0.05) is 42.1 Å². The van der Waals surface area contributed by atoms with Gasteiger partial charge in [-0.25, -0.2) is 0 Å². The van der Waals surface area contributed by atoms with Gasteiger partial charge in [-0.05, 0) is 37.0 Å². The molecule has 1 aromatic rings. The highest BCUT2D eigenvalue weighted by Crippen LogP contribution is 2.21. The van der Waals surface area contributed by atoms with E-state index in [0.717, 1.165) is 18.5 Å². The zero-order valence-electron chi connectivity index (χ0n) is 12.1. The van der Waals surface area contributed by atoms with Gasteiger partial charge < -0.3 is 10.6 Å². The minimum absolute atomic E-state index is 0.0885. The molecule has 2 N–H and O–H groups in total. The fourth-order valence-electron chi connectivity index (χ4n) is 2.67. The number of nitrogens with one attached hydrogen (secondary N) is 2. The second-order valence-corrected chi connectivity index (χ2v) is 6.36. The lowest BCUT2D eigenvalue weighted by Gasteiger charge is -2.11. The maximum atomic E-state index is 11.7. The van der Waals surface area contributed by atoms with Crippen molar-refractivity contribution in [2.24, 2.45) is 0 Å². The van der Waals surface area contributed by atoms with Crippen LogP contribution in [0, 0.1) is 0 Å². The summed E-state index contributed by atoms with van der Waals surface area (Å²) in [6.07, 6.45) is 6.37. The molecule has 2 rings (SSSR count). The lowest BCUT2D eigenvalue weighted by atomic mass is 10.1. The van der Waals surface area contributed by atoms with Crippen LogP contribution in [0.2, 0.25) is 10.0 Å². The van der Waals surface area contributed by atoms with E-state index < -0.39 is 0 Å². The van der Waals surface area contributed by atoms with E-state index in [1.807, 2.05) is 12.1 Å². The molecule has 0 unspecified atom stereocenters. The molecule has 1 saturated carbocycles. The van der Waals surface area contributed by atoms with Gasteiger partial charge in [0.2, 0.25) is 5.91 Å². The molecule has 1 fully saturated rings. The largest absolute Gasteiger partial charge is 0.356 e. The van der Waals surface area contributed by atoms with Gasteiger partial charge in [-0.3, -0.25) is 4.79 Å². The molecule has 0 heterocycles. The summed E-state index contributed by atoms with van der Waals surface area (Å²) in [5.74, 6) is 0.0885. The smallest absolute Gasteiger partial charge is 0.221 e. The molecule has 116 valence electrons. The first-order valence-corrected chi connectivity index (χ1v) is 8.35. The second kappa shape index (κ2) is 8.62. The van der Waals surface area contributed by atoms with E-state index in [9.17, 15) is 4.79 Å². The molecule has 21 heavy (non-hydrogen) atoms. The highest BCUT2D eigenvalue weighted by Gasteiger charge is 2.14. The first-order valence-electron chi connectivity index (χ1n) is 7.59. The van der Waals surface area contributed by atoms with Crippen LogP contribution >= 0.6 is 23.2 Å². The maximum absolute atomic E-state index is 11.7. The van der Waals surface area contributed by atoms with Gasteiger partial charge in [0.1, 0.15) is 0 Å². The zero-order valence-corrected chi connectivity index (χ0v) is 13.6. The number of carbonyl (C=O) groups is 1. The number of amides is 1. The average Bonchev–Trinajstić information content (AvgIpc) is 2.94. The predicted octanol–water partition coefficient (Wildman–Crippen LogP) is 3.57. The van der Waals surface area contributed by atoms with Crippen LogP contribution in [0.3, 0.4) is 0 Å². The molecule has 0 bridgehead atoms. The lowest BCUT2D eigenvalue weighted by molar-refractivity contribution is -0.120. The zero-order chi connectivity index (χ0) is 15.1. The Bertz CT molecular complexity index is 473. The molecule has 1 aliphatic rings. The molecule has 0 radical (unpaired) electrons. The number of hydrogen-bond acceptors (Lipinski definition) is 2. The molecule has 1 amide bonds. The van der Waals surface area contributed by atoms with E-state index in [-0.39, 0.29) is 5.91 Å². The summed E-state index contributed by atoms with van der Waals surface area (Å²) in [4.78, 5) is 11.7. The first kappa shape index (κ1) is 16.6. The molecular formula is C16H22Cl2N2O. The van der Waals surface area contributed by atoms with Crippen molar-refractivity contribution in [2.75, 3.05) is 13.1 Å². The van der Waals surface area contributed by atoms with Crippen LogP contribution in [-0.4, -0.2) is 25.0 Å². The van der Waals surface area contributed by atoms with Gasteiger partial charge >= 0.3 is 0 Å². The Labute approximate surface area is 136 Å². The van der Waals surface area contributed by atoms with Gasteiger partial charge in [-0.2, -0.15) is 0 Å². The lowest BCUT2D eigenvalue weighted by Crippen LogP contribution is -2.32. The van der Waals surface area contributed by atoms with Crippen molar-refractivity contribution in [2.45, 2.75) is 44.6 Å². The van der Waals surface area contributed by atoms with Gasteiger partial charge in [0.05, 0.1) is 0 Å². The van der Waals surface area contributed by atoms with Gasteiger partial charge in [0, 0.05) is 35.6 Å². The van der Waals surface area contributed by atoms with Crippen LogP contribution < -0.4 is 10.6 Å². The molecule has 1 aromatic carbocycles. The Morgan fingerprint density at radius 1 is 1.19 bits per heavy atom. The third-order valence-electron chi connectivity index (χ3n) is 3.87. The van der Waals surface area contributed by atoms with Gasteiger partial charge in [-0.15, -0.1) is 0 Å². The van der Waals surface area contributed by atoms with E-state index in [4.69, 9.17) is 23.2 Å². The number of hydrogen-bond donors (Lipinski definition) is 2. The molecule has 0 atom stereocenters. The summed E-state index contributed by atoms with van der Waals surface area (Å²) in [7, 11) is 0. The van der Waals surface area contributed by atoms with Crippen LogP contribution in [0.15, 0.2) is 18.2 Å². The summed E-state index contributed by atoms with van der Waals surface area (Å²) in [5.41, 5.74) is 1.01. The first-order chi connectivity index (χ1) is 10.1. The minimum atomic E-state index is 0.0885. The Morgan fingerprint density at radius 2 is 1.95 bits per heavy atom. The van der Waals surface area contributed by atoms with E-state index in [1.54, 1.807) is 6.07 Å². The molecule has 0 spiro atoms. The Kier molecular flexibility index (Phi) is 6.81. The van der Waals surface area contributed by atoms with Crippen molar-refractivity contribution in [1.82, 2.24) is 10.6 Å². The van der Waals surface area contributed by atoms with Crippen molar-refractivity contribution in [3.8, 4) is 0 Å². The van der Waals surface area contributed by atoms with E-state index >= 15 is 0 Å². The second-order valence-electron chi connectivity index (χ2n) is 5.52. The third-order valence-corrected chi connectivity index (χ3v) is 4.46. The Hall–Kier alpha value is -0.770. The highest BCUT2D eigenvalue weighted by molar-refractivity contribution is 6.35. The summed E-state index contributed by atoms with van der Waals surface area (Å²) >= 11 is 11.9. The summed E-state index contributed by atoms with van der Waals surface area (Å²) in [6.45, 7) is 1.36. The number of rotatable bonds is 7. The Morgan fingerprint density at radius 3 is 2.67 bits per heavy atom. The normalized spacial score (nSPS) is 15.3. The molecule has 0 aliphatic heterocycles.